The number of carbonyl (C=O) groups excluding carboxylic acids is 1. The van der Waals surface area contributed by atoms with Crippen LogP contribution in [0.3, 0.4) is 0 Å². The molecule has 0 aromatic carbocycles. The number of fused-ring (bicyclic) bond motifs is 1. The lowest BCUT2D eigenvalue weighted by Gasteiger charge is -2.03. The molecule has 0 bridgehead atoms. The lowest BCUT2D eigenvalue weighted by Crippen LogP contribution is -2.13. The third-order valence-corrected chi connectivity index (χ3v) is 2.29. The fraction of sp³-hybridized carbons (Fsp3) is 0.400. The molecule has 0 spiro atoms. The summed E-state index contributed by atoms with van der Waals surface area (Å²) in [5.41, 5.74) is 1.13. The quantitative estimate of drug-likeness (QED) is 0.653. The summed E-state index contributed by atoms with van der Waals surface area (Å²) < 4.78 is 0. The summed E-state index contributed by atoms with van der Waals surface area (Å²) in [5.74, 6) is 0.301. The molecule has 0 unspecified atom stereocenters. The third kappa shape index (κ3) is 2.76. The maximum absolute atomic E-state index is 11.6. The number of aromatic amines is 1. The molecule has 90 valence electrons. The zero-order valence-electron chi connectivity index (χ0n) is 9.18. The minimum atomic E-state index is -0.131. The number of imidazole rings is 1. The van der Waals surface area contributed by atoms with Gasteiger partial charge in [0.1, 0.15) is 11.8 Å². The molecule has 2 rings (SSSR count). The van der Waals surface area contributed by atoms with Crippen LogP contribution in [-0.4, -0.2) is 37.6 Å². The van der Waals surface area contributed by atoms with Gasteiger partial charge in [-0.3, -0.25) is 4.79 Å². The maximum atomic E-state index is 11.6. The number of nitrogens with zero attached hydrogens (tertiary/aromatic N) is 3. The van der Waals surface area contributed by atoms with Crippen LogP contribution < -0.4 is 5.32 Å². The number of aromatic nitrogens is 4. The van der Waals surface area contributed by atoms with Crippen molar-refractivity contribution in [1.82, 2.24) is 19.9 Å². The van der Waals surface area contributed by atoms with Crippen LogP contribution in [0, 0.1) is 0 Å². The molecule has 2 aromatic rings. The lowest BCUT2D eigenvalue weighted by molar-refractivity contribution is -0.116. The second-order valence-electron chi connectivity index (χ2n) is 3.55. The highest BCUT2D eigenvalue weighted by atomic mass is 16.3. The lowest BCUT2D eigenvalue weighted by atomic mass is 10.2. The van der Waals surface area contributed by atoms with E-state index in [4.69, 9.17) is 5.11 Å². The highest BCUT2D eigenvalue weighted by molar-refractivity contribution is 5.96. The molecule has 2 heterocycles. The molecule has 3 N–H and O–H groups in total. The van der Waals surface area contributed by atoms with Crippen LogP contribution in [0.4, 0.5) is 5.82 Å². The molecule has 0 aliphatic heterocycles. The molecule has 0 aliphatic carbocycles. The van der Waals surface area contributed by atoms with Crippen LogP contribution in [0.25, 0.3) is 11.2 Å². The summed E-state index contributed by atoms with van der Waals surface area (Å²) in [6, 6.07) is 0. The number of nitrogens with one attached hydrogen (secondary N) is 2. The fourth-order valence-electron chi connectivity index (χ4n) is 1.45. The number of unbranched alkanes of at least 4 members (excludes halogenated alkanes) is 1. The van der Waals surface area contributed by atoms with Crippen molar-refractivity contribution >= 4 is 22.9 Å². The summed E-state index contributed by atoms with van der Waals surface area (Å²) in [6.45, 7) is 0.103. The number of aliphatic hydroxyl groups excluding tert-OH is 1. The summed E-state index contributed by atoms with van der Waals surface area (Å²) in [6.07, 6.45) is 4.49. The van der Waals surface area contributed by atoms with Crippen molar-refractivity contribution in [2.75, 3.05) is 11.9 Å². The molecule has 0 radical (unpaired) electrons. The standard InChI is InChI=1S/C10H13N5O2/c16-4-2-1-3-7(17)15-10-8-9(12-5-11-8)13-6-14-10/h5-6,16H,1-4H2,(H2,11,12,13,14,15,17). The highest BCUT2D eigenvalue weighted by Gasteiger charge is 2.08. The summed E-state index contributed by atoms with van der Waals surface area (Å²) in [7, 11) is 0. The molecule has 0 saturated carbocycles. The second kappa shape index (κ2) is 5.35. The van der Waals surface area contributed by atoms with Crippen molar-refractivity contribution in [1.29, 1.82) is 0 Å². The van der Waals surface area contributed by atoms with Crippen LogP contribution in [0.2, 0.25) is 0 Å². The number of hydrogen-bond acceptors (Lipinski definition) is 5. The Hall–Kier alpha value is -2.02. The Morgan fingerprint density at radius 1 is 1.35 bits per heavy atom. The van der Waals surface area contributed by atoms with Gasteiger partial charge >= 0.3 is 0 Å². The maximum Gasteiger partial charge on any atom is 0.225 e. The topological polar surface area (TPSA) is 104 Å². The van der Waals surface area contributed by atoms with Gasteiger partial charge in [-0.15, -0.1) is 0 Å². The Bertz CT molecular complexity index is 510. The minimum Gasteiger partial charge on any atom is -0.396 e. The van der Waals surface area contributed by atoms with Crippen molar-refractivity contribution in [2.45, 2.75) is 19.3 Å². The van der Waals surface area contributed by atoms with Gasteiger partial charge in [-0.1, -0.05) is 0 Å². The van der Waals surface area contributed by atoms with Gasteiger partial charge in [0.05, 0.1) is 6.33 Å². The van der Waals surface area contributed by atoms with Crippen LogP contribution >= 0.6 is 0 Å². The van der Waals surface area contributed by atoms with Gasteiger partial charge in [0.25, 0.3) is 0 Å². The normalized spacial score (nSPS) is 10.6. The fourth-order valence-corrected chi connectivity index (χ4v) is 1.45. The van der Waals surface area contributed by atoms with E-state index in [9.17, 15) is 4.79 Å². The average molecular weight is 235 g/mol. The van der Waals surface area contributed by atoms with E-state index in [0.717, 1.165) is 0 Å². The van der Waals surface area contributed by atoms with E-state index in [1.54, 1.807) is 0 Å². The van der Waals surface area contributed by atoms with Gasteiger partial charge in [-0.2, -0.15) is 0 Å². The van der Waals surface area contributed by atoms with E-state index >= 15 is 0 Å². The van der Waals surface area contributed by atoms with Gasteiger partial charge in [0.15, 0.2) is 11.5 Å². The number of H-pyrrole nitrogens is 1. The molecule has 7 heteroatoms. The van der Waals surface area contributed by atoms with Crippen LogP contribution in [-0.2, 0) is 4.79 Å². The zero-order chi connectivity index (χ0) is 12.1. The van der Waals surface area contributed by atoms with E-state index in [1.807, 2.05) is 0 Å². The molecular formula is C10H13N5O2. The van der Waals surface area contributed by atoms with E-state index in [0.29, 0.717) is 36.2 Å². The van der Waals surface area contributed by atoms with Crippen LogP contribution in [0.5, 0.6) is 0 Å². The van der Waals surface area contributed by atoms with Gasteiger partial charge < -0.3 is 15.4 Å². The Labute approximate surface area is 97.3 Å². The molecule has 0 fully saturated rings. The molecule has 0 saturated heterocycles. The number of rotatable bonds is 5. The summed E-state index contributed by atoms with van der Waals surface area (Å²) in [4.78, 5) is 26.3. The van der Waals surface area contributed by atoms with Crippen LogP contribution in [0.15, 0.2) is 12.7 Å². The predicted octanol–water partition coefficient (Wildman–Crippen LogP) is 0.454. The Morgan fingerprint density at radius 2 is 2.24 bits per heavy atom. The molecule has 17 heavy (non-hydrogen) atoms. The van der Waals surface area contributed by atoms with Crippen molar-refractivity contribution in [3.8, 4) is 0 Å². The van der Waals surface area contributed by atoms with Crippen molar-refractivity contribution in [3.63, 3.8) is 0 Å². The van der Waals surface area contributed by atoms with Gasteiger partial charge in [-0.05, 0) is 12.8 Å². The van der Waals surface area contributed by atoms with Gasteiger partial charge in [0.2, 0.25) is 5.91 Å². The predicted molar refractivity (Wildman–Crippen MR) is 61.3 cm³/mol. The largest absolute Gasteiger partial charge is 0.396 e. The SMILES string of the molecule is O=C(CCCCO)Nc1ncnc2nc[nH]c12. The van der Waals surface area contributed by atoms with Crippen molar-refractivity contribution in [2.24, 2.45) is 0 Å². The molecule has 7 nitrogen and oxygen atoms in total. The number of anilines is 1. The van der Waals surface area contributed by atoms with E-state index in [1.165, 1.54) is 12.7 Å². The summed E-state index contributed by atoms with van der Waals surface area (Å²) in [5, 5.41) is 11.3. The smallest absolute Gasteiger partial charge is 0.225 e. The van der Waals surface area contributed by atoms with Gasteiger partial charge in [-0.25, -0.2) is 15.0 Å². The van der Waals surface area contributed by atoms with Crippen molar-refractivity contribution < 1.29 is 9.90 Å². The summed E-state index contributed by atoms with van der Waals surface area (Å²) >= 11 is 0. The number of amides is 1. The first kappa shape index (κ1) is 11.5. The number of aliphatic hydroxyl groups is 1. The number of hydrogen-bond donors (Lipinski definition) is 3. The molecule has 2 aromatic heterocycles. The first-order valence-electron chi connectivity index (χ1n) is 5.36. The monoisotopic (exact) mass is 235 g/mol. The van der Waals surface area contributed by atoms with Gasteiger partial charge in [0, 0.05) is 13.0 Å². The van der Waals surface area contributed by atoms with E-state index < -0.39 is 0 Å². The first-order valence-corrected chi connectivity index (χ1v) is 5.36. The number of carbonyl (C=O) groups is 1. The second-order valence-corrected chi connectivity index (χ2v) is 3.55. The third-order valence-electron chi connectivity index (χ3n) is 2.29. The molecular weight excluding hydrogens is 222 g/mol. The van der Waals surface area contributed by atoms with E-state index in [-0.39, 0.29) is 12.5 Å². The average Bonchev–Trinajstić information content (AvgIpc) is 2.78. The first-order chi connectivity index (χ1) is 8.31. The Balaban J connectivity index is 2.03. The highest BCUT2D eigenvalue weighted by Crippen LogP contribution is 2.14. The zero-order valence-corrected chi connectivity index (χ0v) is 9.18. The van der Waals surface area contributed by atoms with Crippen LogP contribution in [0.1, 0.15) is 19.3 Å². The molecule has 0 atom stereocenters. The Kier molecular flexibility index (Phi) is 3.61. The van der Waals surface area contributed by atoms with Crippen molar-refractivity contribution in [3.05, 3.63) is 12.7 Å². The molecule has 0 aliphatic rings. The van der Waals surface area contributed by atoms with E-state index in [2.05, 4.69) is 25.3 Å². The molecule has 1 amide bonds. The Morgan fingerprint density at radius 3 is 3.06 bits per heavy atom. The minimum absolute atomic E-state index is 0.103.